The average molecular weight is 490 g/mol. The zero-order valence-electron chi connectivity index (χ0n) is 17.0. The molecule has 0 unspecified atom stereocenters. The number of aromatic nitrogens is 2. The van der Waals surface area contributed by atoms with E-state index in [0.29, 0.717) is 32.4 Å². The Bertz CT molecular complexity index is 1260. The second-order valence-electron chi connectivity index (χ2n) is 6.70. The number of carbonyl (C=O) groups is 1. The van der Waals surface area contributed by atoms with Crippen molar-refractivity contribution in [2.45, 2.75) is 20.0 Å². The molecule has 0 radical (unpaired) electrons. The average Bonchev–Trinajstić information content (AvgIpc) is 2.71. The largest absolute Gasteiger partial charge is 0.493 e. The number of benzene rings is 2. The molecule has 0 fully saturated rings. The van der Waals surface area contributed by atoms with Crippen LogP contribution in [-0.2, 0) is 9.53 Å². The van der Waals surface area contributed by atoms with Gasteiger partial charge in [-0.3, -0.25) is 4.79 Å². The van der Waals surface area contributed by atoms with Gasteiger partial charge in [0.15, 0.2) is 18.1 Å². The van der Waals surface area contributed by atoms with Crippen molar-refractivity contribution in [3.05, 3.63) is 67.3 Å². The molecular weight excluding hydrogens is 470 g/mol. The quantitative estimate of drug-likeness (QED) is 0.403. The van der Waals surface area contributed by atoms with Crippen LogP contribution in [0.5, 0.6) is 11.5 Å². The van der Waals surface area contributed by atoms with Crippen LogP contribution in [0, 0.1) is 0 Å². The molecule has 0 amide bonds. The minimum absolute atomic E-state index is 0.248. The number of esters is 1. The summed E-state index contributed by atoms with van der Waals surface area (Å²) in [5, 5.41) is 4.37. The molecule has 3 rings (SSSR count). The second kappa shape index (κ2) is 9.61. The van der Waals surface area contributed by atoms with Crippen molar-refractivity contribution < 1.29 is 19.0 Å². The molecule has 0 aliphatic carbocycles. The van der Waals surface area contributed by atoms with E-state index in [2.05, 4.69) is 26.0 Å². The van der Waals surface area contributed by atoms with Crippen LogP contribution in [0.2, 0.25) is 0 Å². The predicted molar refractivity (Wildman–Crippen MR) is 119 cm³/mol. The lowest BCUT2D eigenvalue weighted by Gasteiger charge is -2.14. The van der Waals surface area contributed by atoms with E-state index in [1.807, 2.05) is 0 Å². The number of rotatable bonds is 7. The Morgan fingerprint density at radius 1 is 1.26 bits per heavy atom. The van der Waals surface area contributed by atoms with Crippen LogP contribution in [0.1, 0.15) is 19.4 Å². The van der Waals surface area contributed by atoms with Crippen molar-refractivity contribution in [2.75, 3.05) is 13.7 Å². The molecule has 0 saturated carbocycles. The van der Waals surface area contributed by atoms with Crippen molar-refractivity contribution >= 4 is 39.0 Å². The highest BCUT2D eigenvalue weighted by molar-refractivity contribution is 9.10. The van der Waals surface area contributed by atoms with E-state index in [1.165, 1.54) is 13.3 Å². The van der Waals surface area contributed by atoms with E-state index >= 15 is 0 Å². The molecule has 31 heavy (non-hydrogen) atoms. The number of methoxy groups -OCH3 is 1. The fourth-order valence-electron chi connectivity index (χ4n) is 2.76. The summed E-state index contributed by atoms with van der Waals surface area (Å²) in [5.74, 6) is 0.124. The molecule has 0 aliphatic rings. The SMILES string of the molecule is COc1cc(C=Nn2c(=O)[nH]c3ccccc3c2=O)cc(Br)c1OCC(=O)OC(C)C. The molecule has 0 spiro atoms. The van der Waals surface area contributed by atoms with E-state index in [-0.39, 0.29) is 12.7 Å². The van der Waals surface area contributed by atoms with E-state index in [0.717, 1.165) is 4.68 Å². The third kappa shape index (κ3) is 5.21. The maximum atomic E-state index is 12.6. The number of carbonyl (C=O) groups excluding carboxylic acids is 1. The minimum atomic E-state index is -0.658. The highest BCUT2D eigenvalue weighted by Gasteiger charge is 2.15. The lowest BCUT2D eigenvalue weighted by Crippen LogP contribution is -2.32. The molecule has 0 atom stereocenters. The topological polar surface area (TPSA) is 112 Å². The fraction of sp³-hybridized carbons (Fsp3) is 0.238. The summed E-state index contributed by atoms with van der Waals surface area (Å²) < 4.78 is 17.1. The van der Waals surface area contributed by atoms with Gasteiger partial charge >= 0.3 is 11.7 Å². The number of ether oxygens (including phenoxy) is 3. The number of hydrogen-bond donors (Lipinski definition) is 1. The Morgan fingerprint density at radius 3 is 2.71 bits per heavy atom. The van der Waals surface area contributed by atoms with Crippen LogP contribution in [0.15, 0.2) is 55.6 Å². The Morgan fingerprint density at radius 2 is 2.00 bits per heavy atom. The number of para-hydroxylation sites is 1. The van der Waals surface area contributed by atoms with Gasteiger partial charge in [0.1, 0.15) is 0 Å². The van der Waals surface area contributed by atoms with Gasteiger partial charge in [0, 0.05) is 0 Å². The highest BCUT2D eigenvalue weighted by atomic mass is 79.9. The van der Waals surface area contributed by atoms with Crippen LogP contribution in [0.4, 0.5) is 0 Å². The number of aromatic amines is 1. The number of nitrogens with one attached hydrogen (secondary N) is 1. The smallest absolute Gasteiger partial charge is 0.349 e. The monoisotopic (exact) mass is 489 g/mol. The van der Waals surface area contributed by atoms with Crippen LogP contribution in [0.25, 0.3) is 10.9 Å². The van der Waals surface area contributed by atoms with Gasteiger partial charge in [-0.25, -0.2) is 9.59 Å². The molecular formula is C21H20BrN3O6. The molecule has 10 heteroatoms. The Balaban J connectivity index is 1.89. The standard InChI is InChI=1S/C21H20BrN3O6/c1-12(2)31-18(26)11-30-19-15(22)8-13(9-17(19)29-3)10-23-25-20(27)14-6-4-5-7-16(14)24-21(25)28/h4-10,12H,11H2,1-3H3,(H,24,28). The zero-order valence-corrected chi connectivity index (χ0v) is 18.6. The van der Waals surface area contributed by atoms with Crippen LogP contribution in [0.3, 0.4) is 0 Å². The number of H-pyrrole nitrogens is 1. The maximum Gasteiger partial charge on any atom is 0.349 e. The number of hydrogen-bond acceptors (Lipinski definition) is 7. The van der Waals surface area contributed by atoms with E-state index in [1.54, 1.807) is 50.2 Å². The van der Waals surface area contributed by atoms with E-state index in [9.17, 15) is 14.4 Å². The first-order chi connectivity index (χ1) is 14.8. The second-order valence-corrected chi connectivity index (χ2v) is 7.55. The summed E-state index contributed by atoms with van der Waals surface area (Å²) >= 11 is 3.37. The zero-order chi connectivity index (χ0) is 22.5. The maximum absolute atomic E-state index is 12.6. The molecule has 2 aromatic carbocycles. The molecule has 3 aromatic rings. The first kappa shape index (κ1) is 22.3. The molecule has 9 nitrogen and oxygen atoms in total. The van der Waals surface area contributed by atoms with Gasteiger partial charge in [-0.2, -0.15) is 5.10 Å². The van der Waals surface area contributed by atoms with E-state index < -0.39 is 17.2 Å². The van der Waals surface area contributed by atoms with Gasteiger partial charge in [-0.05, 0) is 59.6 Å². The summed E-state index contributed by atoms with van der Waals surface area (Å²) in [6, 6.07) is 9.92. The van der Waals surface area contributed by atoms with Gasteiger partial charge in [-0.15, -0.1) is 4.68 Å². The van der Waals surface area contributed by atoms with Gasteiger partial charge in [-0.1, -0.05) is 12.1 Å². The minimum Gasteiger partial charge on any atom is -0.493 e. The van der Waals surface area contributed by atoms with E-state index in [4.69, 9.17) is 14.2 Å². The van der Waals surface area contributed by atoms with Gasteiger partial charge < -0.3 is 19.2 Å². The molecule has 1 heterocycles. The molecule has 0 saturated heterocycles. The Kier molecular flexibility index (Phi) is 6.91. The highest BCUT2D eigenvalue weighted by Crippen LogP contribution is 2.36. The molecule has 0 bridgehead atoms. The third-order valence-corrected chi connectivity index (χ3v) is 4.65. The lowest BCUT2D eigenvalue weighted by molar-refractivity contribution is -0.149. The molecule has 1 aromatic heterocycles. The van der Waals surface area contributed by atoms with Crippen molar-refractivity contribution in [1.82, 2.24) is 9.66 Å². The van der Waals surface area contributed by atoms with Crippen LogP contribution in [-0.4, -0.2) is 41.7 Å². The van der Waals surface area contributed by atoms with Gasteiger partial charge in [0.25, 0.3) is 5.56 Å². The van der Waals surface area contributed by atoms with Crippen molar-refractivity contribution in [3.63, 3.8) is 0 Å². The normalized spacial score (nSPS) is 11.3. The predicted octanol–water partition coefficient (Wildman–Crippen LogP) is 2.67. The summed E-state index contributed by atoms with van der Waals surface area (Å²) in [5.41, 5.74) is -0.231. The number of nitrogens with zero attached hydrogens (tertiary/aromatic N) is 2. The third-order valence-electron chi connectivity index (χ3n) is 4.06. The van der Waals surface area contributed by atoms with Crippen molar-refractivity contribution in [3.8, 4) is 11.5 Å². The molecule has 0 aliphatic heterocycles. The molecule has 162 valence electrons. The number of fused-ring (bicyclic) bond motifs is 1. The van der Waals surface area contributed by atoms with Gasteiger partial charge in [0.2, 0.25) is 0 Å². The summed E-state index contributed by atoms with van der Waals surface area (Å²) in [7, 11) is 1.44. The fourth-order valence-corrected chi connectivity index (χ4v) is 3.34. The number of halogens is 1. The van der Waals surface area contributed by atoms with Crippen LogP contribution >= 0.6 is 15.9 Å². The Labute approximate surface area is 185 Å². The summed E-state index contributed by atoms with van der Waals surface area (Å²) in [6.07, 6.45) is 1.09. The Hall–Kier alpha value is -3.40. The van der Waals surface area contributed by atoms with Crippen LogP contribution < -0.4 is 20.7 Å². The molecule has 1 N–H and O–H groups in total. The van der Waals surface area contributed by atoms with Gasteiger partial charge in [0.05, 0.1) is 34.8 Å². The summed E-state index contributed by atoms with van der Waals surface area (Å²) in [4.78, 5) is 39.2. The summed E-state index contributed by atoms with van der Waals surface area (Å²) in [6.45, 7) is 3.20. The first-order valence-corrected chi connectivity index (χ1v) is 10.1. The van der Waals surface area contributed by atoms with Crippen molar-refractivity contribution in [2.24, 2.45) is 5.10 Å². The first-order valence-electron chi connectivity index (χ1n) is 9.28. The van der Waals surface area contributed by atoms with Crippen molar-refractivity contribution in [1.29, 1.82) is 0 Å². The lowest BCUT2D eigenvalue weighted by atomic mass is 10.2.